The van der Waals surface area contributed by atoms with Crippen molar-refractivity contribution in [2.24, 2.45) is 0 Å². The van der Waals surface area contributed by atoms with Crippen molar-refractivity contribution in [3.8, 4) is 11.5 Å². The molecule has 0 bridgehead atoms. The Bertz CT molecular complexity index is 492. The molecule has 5 nitrogen and oxygen atoms in total. The molecule has 19 heavy (non-hydrogen) atoms. The molecule has 0 N–H and O–H groups in total. The Morgan fingerprint density at radius 2 is 1.68 bits per heavy atom. The minimum absolute atomic E-state index is 0.217. The summed E-state index contributed by atoms with van der Waals surface area (Å²) in [6, 6.07) is 6.52. The zero-order valence-electron chi connectivity index (χ0n) is 10.5. The van der Waals surface area contributed by atoms with Crippen molar-refractivity contribution < 1.29 is 23.8 Å². The van der Waals surface area contributed by atoms with Crippen molar-refractivity contribution in [1.29, 1.82) is 0 Å². The lowest BCUT2D eigenvalue weighted by atomic mass is 10.3. The van der Waals surface area contributed by atoms with E-state index in [1.54, 1.807) is 24.3 Å². The first kappa shape index (κ1) is 14.5. The Morgan fingerprint density at radius 3 is 2.26 bits per heavy atom. The largest absolute Gasteiger partial charge is 0.451 e. The first-order chi connectivity index (χ1) is 9.06. The molecule has 1 unspecified atom stereocenters. The van der Waals surface area contributed by atoms with Crippen LogP contribution in [0.5, 0.6) is 11.5 Å². The molecule has 0 aromatic heterocycles. The maximum atomic E-state index is 11.1. The van der Waals surface area contributed by atoms with Gasteiger partial charge in [0, 0.05) is 19.1 Å². The standard InChI is InChI=1S/C14H14O5/c1-4-13(15)18-10(3)17-11-8-6-7-9-12(11)19-14(16)5-2/h4-10H,1-2H2,3H3. The molecular weight excluding hydrogens is 248 g/mol. The summed E-state index contributed by atoms with van der Waals surface area (Å²) in [4.78, 5) is 22.2. The number of hydrogen-bond acceptors (Lipinski definition) is 5. The second-order valence-corrected chi connectivity index (χ2v) is 3.40. The van der Waals surface area contributed by atoms with Crippen LogP contribution >= 0.6 is 0 Å². The van der Waals surface area contributed by atoms with Crippen LogP contribution in [-0.4, -0.2) is 18.2 Å². The Labute approximate surface area is 111 Å². The highest BCUT2D eigenvalue weighted by Gasteiger charge is 2.13. The molecule has 0 amide bonds. The van der Waals surface area contributed by atoms with E-state index >= 15 is 0 Å². The molecule has 1 aromatic carbocycles. The van der Waals surface area contributed by atoms with Crippen molar-refractivity contribution in [2.75, 3.05) is 0 Å². The number of rotatable bonds is 6. The van der Waals surface area contributed by atoms with Gasteiger partial charge in [0.25, 0.3) is 0 Å². The molecule has 0 radical (unpaired) electrons. The summed E-state index contributed by atoms with van der Waals surface area (Å²) in [5.74, 6) is -0.712. The Kier molecular flexibility index (Phi) is 5.35. The molecule has 0 saturated heterocycles. The Balaban J connectivity index is 2.77. The number of ether oxygens (including phenoxy) is 3. The van der Waals surface area contributed by atoms with Crippen LogP contribution in [0.25, 0.3) is 0 Å². The van der Waals surface area contributed by atoms with E-state index in [4.69, 9.17) is 14.2 Å². The third-order valence-electron chi connectivity index (χ3n) is 1.97. The second-order valence-electron chi connectivity index (χ2n) is 3.40. The molecule has 100 valence electrons. The van der Waals surface area contributed by atoms with Crippen LogP contribution < -0.4 is 9.47 Å². The van der Waals surface area contributed by atoms with E-state index in [0.717, 1.165) is 12.2 Å². The lowest BCUT2D eigenvalue weighted by Gasteiger charge is -2.16. The number of esters is 2. The summed E-state index contributed by atoms with van der Waals surface area (Å²) in [5.41, 5.74) is 0. The van der Waals surface area contributed by atoms with Crippen molar-refractivity contribution in [2.45, 2.75) is 13.2 Å². The summed E-state index contributed by atoms with van der Waals surface area (Å²) in [5, 5.41) is 0. The van der Waals surface area contributed by atoms with E-state index in [1.165, 1.54) is 6.92 Å². The third-order valence-corrected chi connectivity index (χ3v) is 1.97. The van der Waals surface area contributed by atoms with Crippen molar-refractivity contribution in [3.63, 3.8) is 0 Å². The Hall–Kier alpha value is -2.56. The van der Waals surface area contributed by atoms with Gasteiger partial charge in [0.2, 0.25) is 6.29 Å². The molecule has 0 aliphatic carbocycles. The molecule has 1 atom stereocenters. The molecule has 5 heteroatoms. The average molecular weight is 262 g/mol. The smallest absolute Gasteiger partial charge is 0.335 e. The summed E-state index contributed by atoms with van der Waals surface area (Å²) >= 11 is 0. The molecule has 1 rings (SSSR count). The number of para-hydroxylation sites is 2. The highest BCUT2D eigenvalue weighted by Crippen LogP contribution is 2.27. The van der Waals surface area contributed by atoms with Gasteiger partial charge in [-0.1, -0.05) is 25.3 Å². The van der Waals surface area contributed by atoms with Crippen LogP contribution in [0.15, 0.2) is 49.6 Å². The second kappa shape index (κ2) is 7.00. The van der Waals surface area contributed by atoms with Crippen LogP contribution in [0.2, 0.25) is 0 Å². The average Bonchev–Trinajstić information content (AvgIpc) is 2.40. The van der Waals surface area contributed by atoms with Crippen LogP contribution in [0.1, 0.15) is 6.92 Å². The predicted molar refractivity (Wildman–Crippen MR) is 68.7 cm³/mol. The van der Waals surface area contributed by atoms with E-state index in [2.05, 4.69) is 13.2 Å². The summed E-state index contributed by atoms with van der Waals surface area (Å²) in [6.07, 6.45) is 1.23. The summed E-state index contributed by atoms with van der Waals surface area (Å²) < 4.78 is 15.2. The topological polar surface area (TPSA) is 61.8 Å². The summed E-state index contributed by atoms with van der Waals surface area (Å²) in [7, 11) is 0. The molecule has 0 spiro atoms. The van der Waals surface area contributed by atoms with Crippen LogP contribution in [0, 0.1) is 0 Å². The van der Waals surface area contributed by atoms with Gasteiger partial charge in [0.1, 0.15) is 0 Å². The number of benzene rings is 1. The maximum absolute atomic E-state index is 11.1. The first-order valence-electron chi connectivity index (χ1n) is 5.49. The van der Waals surface area contributed by atoms with E-state index in [1.807, 2.05) is 0 Å². The van der Waals surface area contributed by atoms with E-state index in [0.29, 0.717) is 0 Å². The van der Waals surface area contributed by atoms with Gasteiger partial charge in [-0.25, -0.2) is 9.59 Å². The number of hydrogen-bond donors (Lipinski definition) is 0. The lowest BCUT2D eigenvalue weighted by Crippen LogP contribution is -2.20. The summed E-state index contributed by atoms with van der Waals surface area (Å²) in [6.45, 7) is 8.12. The zero-order valence-corrected chi connectivity index (χ0v) is 10.5. The van der Waals surface area contributed by atoms with Gasteiger partial charge < -0.3 is 14.2 Å². The van der Waals surface area contributed by atoms with Crippen molar-refractivity contribution in [1.82, 2.24) is 0 Å². The first-order valence-corrected chi connectivity index (χ1v) is 5.49. The minimum Gasteiger partial charge on any atom is -0.451 e. The van der Waals surface area contributed by atoms with Crippen molar-refractivity contribution >= 4 is 11.9 Å². The van der Waals surface area contributed by atoms with Gasteiger partial charge in [0.05, 0.1) is 0 Å². The highest BCUT2D eigenvalue weighted by atomic mass is 16.7. The molecule has 0 saturated carbocycles. The van der Waals surface area contributed by atoms with E-state index in [9.17, 15) is 9.59 Å². The van der Waals surface area contributed by atoms with Crippen LogP contribution in [0.3, 0.4) is 0 Å². The van der Waals surface area contributed by atoms with Gasteiger partial charge in [0.15, 0.2) is 11.5 Å². The zero-order chi connectivity index (χ0) is 14.3. The highest BCUT2D eigenvalue weighted by molar-refractivity contribution is 5.83. The normalized spacial score (nSPS) is 11.0. The van der Waals surface area contributed by atoms with Gasteiger partial charge in [-0.2, -0.15) is 0 Å². The van der Waals surface area contributed by atoms with E-state index in [-0.39, 0.29) is 11.5 Å². The third kappa shape index (κ3) is 4.67. The number of carbonyl (C=O) groups excluding carboxylic acids is 2. The van der Waals surface area contributed by atoms with E-state index < -0.39 is 18.2 Å². The van der Waals surface area contributed by atoms with Crippen molar-refractivity contribution in [3.05, 3.63) is 49.6 Å². The molecular formula is C14H14O5. The SMILES string of the molecule is C=CC(=O)Oc1ccccc1OC(C)OC(=O)C=C. The van der Waals surface area contributed by atoms with Gasteiger partial charge >= 0.3 is 11.9 Å². The Morgan fingerprint density at radius 1 is 1.11 bits per heavy atom. The van der Waals surface area contributed by atoms with Gasteiger partial charge in [-0.3, -0.25) is 0 Å². The molecule has 0 aliphatic heterocycles. The molecule has 0 heterocycles. The van der Waals surface area contributed by atoms with Gasteiger partial charge in [-0.05, 0) is 12.1 Å². The van der Waals surface area contributed by atoms with Crippen LogP contribution in [0.4, 0.5) is 0 Å². The maximum Gasteiger partial charge on any atom is 0.335 e. The molecule has 0 fully saturated rings. The lowest BCUT2D eigenvalue weighted by molar-refractivity contribution is -0.155. The minimum atomic E-state index is -0.839. The number of carbonyl (C=O) groups is 2. The quantitative estimate of drug-likeness (QED) is 0.340. The predicted octanol–water partition coefficient (Wildman–Crippen LogP) is 2.23. The fourth-order valence-corrected chi connectivity index (χ4v) is 1.20. The molecule has 1 aromatic rings. The van der Waals surface area contributed by atoms with Crippen LogP contribution in [-0.2, 0) is 14.3 Å². The monoisotopic (exact) mass is 262 g/mol. The fourth-order valence-electron chi connectivity index (χ4n) is 1.20. The fraction of sp³-hybridized carbons (Fsp3) is 0.143. The van der Waals surface area contributed by atoms with Gasteiger partial charge in [-0.15, -0.1) is 0 Å². The molecule has 0 aliphatic rings.